The van der Waals surface area contributed by atoms with Gasteiger partial charge in [0, 0.05) is 32.1 Å². The van der Waals surface area contributed by atoms with E-state index in [2.05, 4.69) is 32.1 Å². The number of anilines is 1. The second kappa shape index (κ2) is 11.9. The van der Waals surface area contributed by atoms with Crippen LogP contribution in [0.1, 0.15) is 43.4 Å². The predicted molar refractivity (Wildman–Crippen MR) is 110 cm³/mol. The van der Waals surface area contributed by atoms with Gasteiger partial charge in [0.05, 0.1) is 5.69 Å². The van der Waals surface area contributed by atoms with Crippen molar-refractivity contribution in [2.75, 3.05) is 51.2 Å². The molecular weight excluding hydrogens is 357 g/mol. The van der Waals surface area contributed by atoms with Crippen LogP contribution in [0, 0.1) is 0 Å². The van der Waals surface area contributed by atoms with Gasteiger partial charge in [-0.15, -0.1) is 24.8 Å². The number of halogens is 2. The van der Waals surface area contributed by atoms with Crippen molar-refractivity contribution < 1.29 is 0 Å². The van der Waals surface area contributed by atoms with Crippen LogP contribution >= 0.6 is 24.8 Å². The Balaban J connectivity index is 0.00000156. The molecule has 1 aromatic rings. The van der Waals surface area contributed by atoms with Crippen LogP contribution in [0.15, 0.2) is 6.33 Å². The van der Waals surface area contributed by atoms with Crippen molar-refractivity contribution in [1.29, 1.82) is 0 Å². The minimum absolute atomic E-state index is 0. The molecule has 0 aliphatic carbocycles. The smallest absolute Gasteiger partial charge is 0.135 e. The van der Waals surface area contributed by atoms with E-state index >= 15 is 0 Å². The molecule has 1 fully saturated rings. The quantitative estimate of drug-likeness (QED) is 0.838. The van der Waals surface area contributed by atoms with Crippen LogP contribution in [0.5, 0.6) is 0 Å². The van der Waals surface area contributed by atoms with E-state index in [-0.39, 0.29) is 24.8 Å². The molecule has 0 amide bonds. The summed E-state index contributed by atoms with van der Waals surface area (Å²) in [6.45, 7) is 6.94. The first-order chi connectivity index (χ1) is 11.3. The van der Waals surface area contributed by atoms with Crippen molar-refractivity contribution in [3.8, 4) is 0 Å². The van der Waals surface area contributed by atoms with Gasteiger partial charge in [-0.25, -0.2) is 9.97 Å². The largest absolute Gasteiger partial charge is 0.359 e. The third-order valence-corrected chi connectivity index (χ3v) is 5.13. The van der Waals surface area contributed by atoms with Gasteiger partial charge in [-0.05, 0) is 51.9 Å². The van der Waals surface area contributed by atoms with Gasteiger partial charge in [0.1, 0.15) is 12.1 Å². The second-order valence-electron chi connectivity index (χ2n) is 6.90. The maximum atomic E-state index is 4.59. The van der Waals surface area contributed by atoms with Gasteiger partial charge in [-0.3, -0.25) is 0 Å². The number of likely N-dealkylation sites (tertiary alicyclic amines) is 1. The molecule has 7 heteroatoms. The van der Waals surface area contributed by atoms with E-state index in [1.807, 2.05) is 0 Å². The lowest BCUT2D eigenvalue weighted by atomic mass is 10.1. The Morgan fingerprint density at radius 2 is 1.76 bits per heavy atom. The third kappa shape index (κ3) is 6.55. The van der Waals surface area contributed by atoms with E-state index in [0.717, 1.165) is 38.3 Å². The topological polar surface area (TPSA) is 44.3 Å². The molecule has 25 heavy (non-hydrogen) atoms. The molecule has 0 radical (unpaired) electrons. The number of fused-ring (bicyclic) bond motifs is 1. The Morgan fingerprint density at radius 3 is 2.52 bits per heavy atom. The van der Waals surface area contributed by atoms with Gasteiger partial charge < -0.3 is 15.1 Å². The third-order valence-electron chi connectivity index (χ3n) is 5.13. The van der Waals surface area contributed by atoms with Crippen molar-refractivity contribution >= 4 is 30.6 Å². The number of hydrogen-bond donors (Lipinski definition) is 1. The highest BCUT2D eigenvalue weighted by Gasteiger charge is 2.17. The SMILES string of the molecule is CN(CCCN1CCCCCC1)c1ncnc2c1CCNCC2.Cl.Cl. The summed E-state index contributed by atoms with van der Waals surface area (Å²) >= 11 is 0. The predicted octanol–water partition coefficient (Wildman–Crippen LogP) is 2.71. The van der Waals surface area contributed by atoms with Crippen molar-refractivity contribution in [2.45, 2.75) is 44.9 Å². The minimum atomic E-state index is 0. The molecule has 2 aliphatic heterocycles. The van der Waals surface area contributed by atoms with Crippen LogP contribution in [0.3, 0.4) is 0 Å². The van der Waals surface area contributed by atoms with Crippen molar-refractivity contribution in [1.82, 2.24) is 20.2 Å². The fourth-order valence-electron chi connectivity index (χ4n) is 3.78. The van der Waals surface area contributed by atoms with Crippen LogP contribution in [0.25, 0.3) is 0 Å². The van der Waals surface area contributed by atoms with Crippen LogP contribution < -0.4 is 10.2 Å². The van der Waals surface area contributed by atoms with Gasteiger partial charge in [0.25, 0.3) is 0 Å². The summed E-state index contributed by atoms with van der Waals surface area (Å²) < 4.78 is 0. The fraction of sp³-hybridized carbons (Fsp3) is 0.778. The summed E-state index contributed by atoms with van der Waals surface area (Å²) in [5.41, 5.74) is 2.59. The van der Waals surface area contributed by atoms with Gasteiger partial charge in [-0.2, -0.15) is 0 Å². The van der Waals surface area contributed by atoms with E-state index in [4.69, 9.17) is 0 Å². The number of nitrogens with zero attached hydrogens (tertiary/aromatic N) is 4. The van der Waals surface area contributed by atoms with Crippen LogP contribution in [0.2, 0.25) is 0 Å². The van der Waals surface area contributed by atoms with Gasteiger partial charge in [0.15, 0.2) is 0 Å². The highest BCUT2D eigenvalue weighted by atomic mass is 35.5. The zero-order chi connectivity index (χ0) is 15.9. The Kier molecular flexibility index (Phi) is 10.7. The Hall–Kier alpha value is -0.620. The van der Waals surface area contributed by atoms with E-state index < -0.39 is 0 Å². The normalized spacial score (nSPS) is 18.1. The molecule has 3 heterocycles. The lowest BCUT2D eigenvalue weighted by Gasteiger charge is -2.24. The lowest BCUT2D eigenvalue weighted by Crippen LogP contribution is -2.30. The molecule has 1 saturated heterocycles. The van der Waals surface area contributed by atoms with Gasteiger partial charge in [-0.1, -0.05) is 12.8 Å². The highest BCUT2D eigenvalue weighted by Crippen LogP contribution is 2.21. The molecule has 2 aliphatic rings. The summed E-state index contributed by atoms with van der Waals surface area (Å²) in [6.07, 6.45) is 10.6. The first-order valence-electron chi connectivity index (χ1n) is 9.31. The highest BCUT2D eigenvalue weighted by molar-refractivity contribution is 5.85. The lowest BCUT2D eigenvalue weighted by molar-refractivity contribution is 0.282. The number of rotatable bonds is 5. The molecule has 0 aromatic carbocycles. The molecular formula is C18H33Cl2N5. The molecule has 0 atom stereocenters. The zero-order valence-corrected chi connectivity index (χ0v) is 17.0. The molecule has 1 aromatic heterocycles. The van der Waals surface area contributed by atoms with Crippen molar-refractivity contribution in [3.63, 3.8) is 0 Å². The van der Waals surface area contributed by atoms with E-state index in [9.17, 15) is 0 Å². The van der Waals surface area contributed by atoms with E-state index in [1.54, 1.807) is 6.33 Å². The van der Waals surface area contributed by atoms with Crippen LogP contribution in [-0.4, -0.2) is 61.2 Å². The molecule has 0 unspecified atom stereocenters. The summed E-state index contributed by atoms with van der Waals surface area (Å²) in [4.78, 5) is 14.1. The summed E-state index contributed by atoms with van der Waals surface area (Å²) in [5, 5.41) is 3.46. The number of hydrogen-bond acceptors (Lipinski definition) is 5. The van der Waals surface area contributed by atoms with E-state index in [0.29, 0.717) is 0 Å². The summed E-state index contributed by atoms with van der Waals surface area (Å²) in [7, 11) is 2.18. The fourth-order valence-corrected chi connectivity index (χ4v) is 3.78. The molecule has 5 nitrogen and oxygen atoms in total. The molecule has 0 spiro atoms. The monoisotopic (exact) mass is 389 g/mol. The summed E-state index contributed by atoms with van der Waals surface area (Å²) in [6, 6.07) is 0. The maximum absolute atomic E-state index is 4.59. The molecule has 3 rings (SSSR count). The summed E-state index contributed by atoms with van der Waals surface area (Å²) in [5.74, 6) is 1.15. The minimum Gasteiger partial charge on any atom is -0.359 e. The Bertz CT molecular complexity index is 492. The average Bonchev–Trinajstić information content (AvgIpc) is 2.96. The second-order valence-corrected chi connectivity index (χ2v) is 6.90. The molecule has 0 saturated carbocycles. The number of aromatic nitrogens is 2. The first-order valence-corrected chi connectivity index (χ1v) is 9.31. The molecule has 1 N–H and O–H groups in total. The first kappa shape index (κ1) is 22.4. The zero-order valence-electron chi connectivity index (χ0n) is 15.4. The number of nitrogens with one attached hydrogen (secondary N) is 1. The maximum Gasteiger partial charge on any atom is 0.135 e. The Morgan fingerprint density at radius 1 is 1.04 bits per heavy atom. The average molecular weight is 390 g/mol. The standard InChI is InChI=1S/C18H31N5.2ClH/c1-22(11-6-14-23-12-4-2-3-5-13-23)18-16-7-9-19-10-8-17(16)20-15-21-18;;/h15,19H,2-14H2,1H3;2*1H. The van der Waals surface area contributed by atoms with Gasteiger partial charge in [0.2, 0.25) is 0 Å². The van der Waals surface area contributed by atoms with Crippen LogP contribution in [0.4, 0.5) is 5.82 Å². The van der Waals surface area contributed by atoms with Crippen molar-refractivity contribution in [2.24, 2.45) is 0 Å². The Labute approximate surface area is 164 Å². The van der Waals surface area contributed by atoms with Gasteiger partial charge >= 0.3 is 0 Å². The van der Waals surface area contributed by atoms with E-state index in [1.165, 1.54) is 63.0 Å². The molecule has 0 bridgehead atoms. The van der Waals surface area contributed by atoms with Crippen molar-refractivity contribution in [3.05, 3.63) is 17.6 Å². The van der Waals surface area contributed by atoms with Crippen LogP contribution in [-0.2, 0) is 12.8 Å². The molecule has 144 valence electrons.